The molecule has 0 heterocycles. The molecule has 0 aromatic carbocycles. The van der Waals surface area contributed by atoms with Crippen LogP contribution >= 0.6 is 0 Å². The summed E-state index contributed by atoms with van der Waals surface area (Å²) in [5.41, 5.74) is 0.473. The maximum Gasteiger partial charge on any atom is -0.0179 e. The Balaban J connectivity index is 1.96. The molecule has 0 aromatic heterocycles. The summed E-state index contributed by atoms with van der Waals surface area (Å²) < 4.78 is 0. The molecule has 0 saturated heterocycles. The summed E-state index contributed by atoms with van der Waals surface area (Å²) in [6, 6.07) is 0. The quantitative estimate of drug-likeness (QED) is 0.590. The van der Waals surface area contributed by atoms with Crippen LogP contribution in [0.15, 0.2) is 0 Å². The molecule has 0 spiro atoms. The molecule has 15 heavy (non-hydrogen) atoms. The van der Waals surface area contributed by atoms with E-state index in [-0.39, 0.29) is 0 Å². The van der Waals surface area contributed by atoms with Crippen molar-refractivity contribution in [1.82, 2.24) is 0 Å². The first kappa shape index (κ1) is 11.5. The molecule has 0 heteroatoms. The van der Waals surface area contributed by atoms with Crippen LogP contribution in [0.5, 0.6) is 0 Å². The molecule has 0 aliphatic heterocycles. The fraction of sp³-hybridized carbons (Fsp3) is 0.867. The summed E-state index contributed by atoms with van der Waals surface area (Å²) in [4.78, 5) is 0. The molecule has 2 aliphatic carbocycles. The zero-order valence-corrected chi connectivity index (χ0v) is 10.6. The molecule has 2 rings (SSSR count). The van der Waals surface area contributed by atoms with Gasteiger partial charge >= 0.3 is 0 Å². The molecule has 0 amide bonds. The van der Waals surface area contributed by atoms with Crippen molar-refractivity contribution in [2.45, 2.75) is 78.1 Å². The predicted octanol–water partition coefficient (Wildman–Crippen LogP) is 5.09. The van der Waals surface area contributed by atoms with Gasteiger partial charge < -0.3 is 0 Å². The van der Waals surface area contributed by atoms with Gasteiger partial charge in [0.1, 0.15) is 0 Å². The molecule has 0 bridgehead atoms. The average molecular weight is 206 g/mol. The minimum atomic E-state index is 0.473. The van der Waals surface area contributed by atoms with E-state index in [1.165, 1.54) is 64.2 Å². The van der Waals surface area contributed by atoms with Gasteiger partial charge in [-0.1, -0.05) is 52.4 Å². The Hall–Kier alpha value is 0. The Labute approximate surface area is 95.8 Å². The third-order valence-corrected chi connectivity index (χ3v) is 4.68. The Bertz CT molecular complexity index is 160. The summed E-state index contributed by atoms with van der Waals surface area (Å²) in [6.07, 6.45) is 14.4. The normalized spacial score (nSPS) is 26.8. The Kier molecular flexibility index (Phi) is 3.74. The lowest BCUT2D eigenvalue weighted by Crippen LogP contribution is -2.32. The van der Waals surface area contributed by atoms with Gasteiger partial charge in [-0.25, -0.2) is 0 Å². The lowest BCUT2D eigenvalue weighted by Gasteiger charge is -2.44. The van der Waals surface area contributed by atoms with E-state index in [9.17, 15) is 0 Å². The van der Waals surface area contributed by atoms with Gasteiger partial charge in [-0.05, 0) is 42.9 Å². The molecule has 2 radical (unpaired) electrons. The molecule has 2 saturated carbocycles. The van der Waals surface area contributed by atoms with E-state index in [4.69, 9.17) is 0 Å². The molecule has 0 N–H and O–H groups in total. The van der Waals surface area contributed by atoms with Crippen LogP contribution in [-0.2, 0) is 0 Å². The minimum Gasteiger partial charge on any atom is -0.0588 e. The van der Waals surface area contributed by atoms with Crippen molar-refractivity contribution in [1.29, 1.82) is 0 Å². The number of rotatable bonds is 2. The largest absolute Gasteiger partial charge is 0.0588 e. The maximum atomic E-state index is 2.49. The third-order valence-electron chi connectivity index (χ3n) is 4.68. The summed E-state index contributed by atoms with van der Waals surface area (Å²) in [5.74, 6) is 3.73. The van der Waals surface area contributed by atoms with Crippen molar-refractivity contribution in [2.24, 2.45) is 5.41 Å². The zero-order valence-electron chi connectivity index (χ0n) is 10.6. The Morgan fingerprint density at radius 1 is 0.600 bits per heavy atom. The molecule has 0 aromatic rings. The topological polar surface area (TPSA) is 0 Å². The predicted molar refractivity (Wildman–Crippen MR) is 66.4 cm³/mol. The molecule has 2 aliphatic rings. The molecule has 86 valence electrons. The third kappa shape index (κ3) is 2.57. The van der Waals surface area contributed by atoms with Crippen LogP contribution in [-0.4, -0.2) is 0 Å². The molecular formula is C15H26. The highest BCUT2D eigenvalue weighted by Crippen LogP contribution is 2.50. The Morgan fingerprint density at radius 2 is 0.933 bits per heavy atom. The van der Waals surface area contributed by atoms with Gasteiger partial charge in [0.25, 0.3) is 0 Å². The second-order valence-electron chi connectivity index (χ2n) is 5.95. The Morgan fingerprint density at radius 3 is 1.27 bits per heavy atom. The number of hydrogen-bond acceptors (Lipinski definition) is 0. The summed E-state index contributed by atoms with van der Waals surface area (Å²) in [5, 5.41) is 0. The van der Waals surface area contributed by atoms with Gasteiger partial charge in [0.05, 0.1) is 0 Å². The van der Waals surface area contributed by atoms with E-state index in [1.807, 2.05) is 11.8 Å². The van der Waals surface area contributed by atoms with E-state index in [0.29, 0.717) is 5.41 Å². The molecule has 0 nitrogen and oxygen atoms in total. The van der Waals surface area contributed by atoms with E-state index < -0.39 is 0 Å². The summed E-state index contributed by atoms with van der Waals surface area (Å²) >= 11 is 0. The van der Waals surface area contributed by atoms with Crippen molar-refractivity contribution < 1.29 is 0 Å². The van der Waals surface area contributed by atoms with Crippen molar-refractivity contribution >= 4 is 0 Å². The standard InChI is InChI=1S/C15H26/c1-15(2,13-9-5-3-6-10-13)14-11-7-4-8-12-14/h3-12H2,1-2H3. The van der Waals surface area contributed by atoms with E-state index in [1.54, 1.807) is 0 Å². The van der Waals surface area contributed by atoms with Crippen LogP contribution in [0.4, 0.5) is 0 Å². The van der Waals surface area contributed by atoms with Gasteiger partial charge in [-0.3, -0.25) is 0 Å². The first-order chi connectivity index (χ1) is 7.21. The van der Waals surface area contributed by atoms with E-state index in [0.717, 1.165) is 0 Å². The van der Waals surface area contributed by atoms with Gasteiger partial charge in [0.15, 0.2) is 0 Å². The minimum absolute atomic E-state index is 0.473. The van der Waals surface area contributed by atoms with Crippen molar-refractivity contribution in [3.05, 3.63) is 11.8 Å². The van der Waals surface area contributed by atoms with E-state index >= 15 is 0 Å². The SMILES string of the molecule is CC(C)([C]1CCCCC1)[C]1CCCCC1. The van der Waals surface area contributed by atoms with Gasteiger partial charge in [-0.15, -0.1) is 0 Å². The fourth-order valence-electron chi connectivity index (χ4n) is 3.46. The van der Waals surface area contributed by atoms with Crippen LogP contribution in [0.1, 0.15) is 78.1 Å². The smallest absolute Gasteiger partial charge is 0.0179 e. The lowest BCUT2D eigenvalue weighted by molar-refractivity contribution is 0.282. The molecular weight excluding hydrogens is 180 g/mol. The highest BCUT2D eigenvalue weighted by atomic mass is 14.4. The summed E-state index contributed by atoms with van der Waals surface area (Å²) in [6.45, 7) is 4.99. The molecule has 0 atom stereocenters. The van der Waals surface area contributed by atoms with Crippen LogP contribution in [0.2, 0.25) is 0 Å². The second-order valence-corrected chi connectivity index (χ2v) is 5.95. The summed E-state index contributed by atoms with van der Waals surface area (Å²) in [7, 11) is 0. The van der Waals surface area contributed by atoms with Crippen LogP contribution in [0, 0.1) is 17.3 Å². The fourth-order valence-corrected chi connectivity index (χ4v) is 3.46. The maximum absolute atomic E-state index is 2.49. The first-order valence-electron chi connectivity index (χ1n) is 6.91. The van der Waals surface area contributed by atoms with Crippen molar-refractivity contribution in [2.75, 3.05) is 0 Å². The monoisotopic (exact) mass is 206 g/mol. The van der Waals surface area contributed by atoms with Gasteiger partial charge in [0, 0.05) is 0 Å². The van der Waals surface area contributed by atoms with E-state index in [2.05, 4.69) is 13.8 Å². The number of hydrogen-bond donors (Lipinski definition) is 0. The van der Waals surface area contributed by atoms with Crippen LogP contribution in [0.25, 0.3) is 0 Å². The van der Waals surface area contributed by atoms with Crippen LogP contribution < -0.4 is 0 Å². The molecule has 0 unspecified atom stereocenters. The highest BCUT2D eigenvalue weighted by molar-refractivity contribution is 5.18. The van der Waals surface area contributed by atoms with Crippen LogP contribution in [0.3, 0.4) is 0 Å². The second kappa shape index (κ2) is 4.89. The lowest BCUT2D eigenvalue weighted by atomic mass is 9.61. The van der Waals surface area contributed by atoms with Gasteiger partial charge in [0.2, 0.25) is 0 Å². The average Bonchev–Trinajstić information content (AvgIpc) is 2.31. The van der Waals surface area contributed by atoms with Crippen molar-refractivity contribution in [3.63, 3.8) is 0 Å². The van der Waals surface area contributed by atoms with Gasteiger partial charge in [-0.2, -0.15) is 0 Å². The molecule has 2 fully saturated rings. The highest BCUT2D eigenvalue weighted by Gasteiger charge is 2.38. The van der Waals surface area contributed by atoms with Crippen molar-refractivity contribution in [3.8, 4) is 0 Å². The first-order valence-corrected chi connectivity index (χ1v) is 6.91. The zero-order chi connectivity index (χ0) is 10.7.